The maximum Gasteiger partial charge on any atom is 0.326 e. The number of hydrogen-bond acceptors (Lipinski definition) is 5. The maximum atomic E-state index is 12.5. The van der Waals surface area contributed by atoms with E-state index in [0.717, 1.165) is 17.0 Å². The minimum Gasteiger partial charge on any atom is -0.456 e. The number of hydrogen-bond donors (Lipinski definition) is 0. The van der Waals surface area contributed by atoms with E-state index in [1.807, 2.05) is 50.2 Å². The Morgan fingerprint density at radius 3 is 2.59 bits per heavy atom. The summed E-state index contributed by atoms with van der Waals surface area (Å²) < 4.78 is 7.16. The Labute approximate surface area is 162 Å². The van der Waals surface area contributed by atoms with E-state index < -0.39 is 5.97 Å². The summed E-state index contributed by atoms with van der Waals surface area (Å²) in [5.74, 6) is 0.00481. The molecular weight excluding hydrogens is 364 g/mol. The van der Waals surface area contributed by atoms with Crippen LogP contribution < -0.4 is 0 Å². The molecule has 0 unspecified atom stereocenters. The molecular formula is C20H22N2O4S. The second-order valence-corrected chi connectivity index (χ2v) is 7.46. The molecule has 1 fully saturated rings. The van der Waals surface area contributed by atoms with E-state index >= 15 is 0 Å². The van der Waals surface area contributed by atoms with Gasteiger partial charge in [0.25, 0.3) is 0 Å². The average molecular weight is 386 g/mol. The zero-order valence-corrected chi connectivity index (χ0v) is 16.3. The fraction of sp³-hybridized carbons (Fsp3) is 0.350. The lowest BCUT2D eigenvalue weighted by atomic mass is 10.1. The molecule has 1 aliphatic rings. The number of thioether (sulfide) groups is 1. The number of benzene rings is 1. The molecule has 7 heteroatoms. The minimum atomic E-state index is -0.558. The van der Waals surface area contributed by atoms with E-state index in [0.29, 0.717) is 23.7 Å². The van der Waals surface area contributed by atoms with Gasteiger partial charge in [-0.15, -0.1) is 11.8 Å². The molecule has 142 valence electrons. The van der Waals surface area contributed by atoms with E-state index in [4.69, 9.17) is 4.74 Å². The van der Waals surface area contributed by atoms with Crippen LogP contribution >= 0.6 is 11.8 Å². The highest BCUT2D eigenvalue weighted by Gasteiger charge is 2.24. The molecule has 6 nitrogen and oxygen atoms in total. The van der Waals surface area contributed by atoms with Crippen LogP contribution in [-0.4, -0.2) is 51.9 Å². The Balaban J connectivity index is 1.60. The summed E-state index contributed by atoms with van der Waals surface area (Å²) in [6.45, 7) is 4.11. The molecule has 0 atom stereocenters. The lowest BCUT2D eigenvalue weighted by molar-refractivity contribution is -0.146. The number of amides is 1. The van der Waals surface area contributed by atoms with Gasteiger partial charge in [0, 0.05) is 23.5 Å². The number of aryl methyl sites for hydroxylation is 1. The third kappa shape index (κ3) is 4.60. The third-order valence-electron chi connectivity index (χ3n) is 4.57. The SMILES string of the molecule is Cc1cc(C(=O)COC(=O)CN2CSCC2=O)c(C)n1Cc1ccccc1. The Kier molecular flexibility index (Phi) is 6.01. The van der Waals surface area contributed by atoms with Crippen molar-refractivity contribution in [3.8, 4) is 0 Å². The molecule has 1 aliphatic heterocycles. The fourth-order valence-corrected chi connectivity index (χ4v) is 3.96. The average Bonchev–Trinajstić information content (AvgIpc) is 3.18. The van der Waals surface area contributed by atoms with Gasteiger partial charge in [-0.3, -0.25) is 14.4 Å². The summed E-state index contributed by atoms with van der Waals surface area (Å²) in [5, 5.41) is 0. The minimum absolute atomic E-state index is 0.0762. The van der Waals surface area contributed by atoms with Crippen LogP contribution in [0.4, 0.5) is 0 Å². The van der Waals surface area contributed by atoms with Gasteiger partial charge in [-0.25, -0.2) is 0 Å². The van der Waals surface area contributed by atoms with Gasteiger partial charge < -0.3 is 14.2 Å². The second-order valence-electron chi connectivity index (χ2n) is 6.51. The first-order valence-electron chi connectivity index (χ1n) is 8.70. The van der Waals surface area contributed by atoms with E-state index in [9.17, 15) is 14.4 Å². The first-order chi connectivity index (χ1) is 13.0. The molecule has 0 radical (unpaired) electrons. The van der Waals surface area contributed by atoms with Crippen molar-refractivity contribution in [3.63, 3.8) is 0 Å². The topological polar surface area (TPSA) is 68.6 Å². The van der Waals surface area contributed by atoms with E-state index in [1.165, 1.54) is 16.7 Å². The zero-order valence-electron chi connectivity index (χ0n) is 15.4. The smallest absolute Gasteiger partial charge is 0.326 e. The van der Waals surface area contributed by atoms with Gasteiger partial charge in [0.1, 0.15) is 6.54 Å². The van der Waals surface area contributed by atoms with Crippen molar-refractivity contribution in [3.05, 3.63) is 58.9 Å². The third-order valence-corrected chi connectivity index (χ3v) is 5.51. The highest BCUT2D eigenvalue weighted by molar-refractivity contribution is 8.00. The molecule has 2 heterocycles. The molecule has 1 aromatic heterocycles. The van der Waals surface area contributed by atoms with Gasteiger partial charge in [0.15, 0.2) is 6.61 Å². The number of ether oxygens (including phenoxy) is 1. The van der Waals surface area contributed by atoms with Gasteiger partial charge in [-0.05, 0) is 25.5 Å². The lowest BCUT2D eigenvalue weighted by Crippen LogP contribution is -2.33. The van der Waals surface area contributed by atoms with Gasteiger partial charge >= 0.3 is 5.97 Å². The Hall–Kier alpha value is -2.54. The molecule has 1 aromatic carbocycles. The van der Waals surface area contributed by atoms with Crippen LogP contribution in [0.5, 0.6) is 0 Å². The molecule has 0 N–H and O–H groups in total. The highest BCUT2D eigenvalue weighted by Crippen LogP contribution is 2.18. The Bertz CT molecular complexity index is 860. The van der Waals surface area contributed by atoms with Crippen LogP contribution in [0.25, 0.3) is 0 Å². The standard InChI is InChI=1S/C20H22N2O4S/c1-14-8-17(15(2)22(14)9-16-6-4-3-5-7-16)18(23)11-26-20(25)10-21-13-27-12-19(21)24/h3-8H,9-13H2,1-2H3. The summed E-state index contributed by atoms with van der Waals surface area (Å²) in [6.07, 6.45) is 0. The molecule has 1 saturated heterocycles. The number of Topliss-reactive ketones (excluding diaryl/α,β-unsaturated/α-hetero) is 1. The summed E-state index contributed by atoms with van der Waals surface area (Å²) >= 11 is 1.46. The van der Waals surface area contributed by atoms with Crippen LogP contribution in [-0.2, 0) is 20.9 Å². The fourth-order valence-electron chi connectivity index (χ4n) is 3.06. The van der Waals surface area contributed by atoms with Gasteiger partial charge in [-0.1, -0.05) is 30.3 Å². The van der Waals surface area contributed by atoms with Crippen molar-refractivity contribution in [2.45, 2.75) is 20.4 Å². The molecule has 0 aliphatic carbocycles. The summed E-state index contributed by atoms with van der Waals surface area (Å²) in [6, 6.07) is 11.9. The van der Waals surface area contributed by atoms with Crippen molar-refractivity contribution < 1.29 is 19.1 Å². The summed E-state index contributed by atoms with van der Waals surface area (Å²) in [4.78, 5) is 37.4. The molecule has 0 bridgehead atoms. The predicted octanol–water partition coefficient (Wildman–Crippen LogP) is 2.41. The number of ketones is 1. The predicted molar refractivity (Wildman–Crippen MR) is 104 cm³/mol. The van der Waals surface area contributed by atoms with Gasteiger partial charge in [-0.2, -0.15) is 0 Å². The van der Waals surface area contributed by atoms with Crippen molar-refractivity contribution in [1.29, 1.82) is 0 Å². The monoisotopic (exact) mass is 386 g/mol. The quantitative estimate of drug-likeness (QED) is 0.540. The highest BCUT2D eigenvalue weighted by atomic mass is 32.2. The van der Waals surface area contributed by atoms with Crippen LogP contribution in [0, 0.1) is 13.8 Å². The number of rotatable bonds is 7. The summed E-state index contributed by atoms with van der Waals surface area (Å²) in [7, 11) is 0. The van der Waals surface area contributed by atoms with Crippen LogP contribution in [0.15, 0.2) is 36.4 Å². The van der Waals surface area contributed by atoms with Crippen LogP contribution in [0.2, 0.25) is 0 Å². The maximum absolute atomic E-state index is 12.5. The van der Waals surface area contributed by atoms with E-state index in [-0.39, 0.29) is 24.8 Å². The lowest BCUT2D eigenvalue weighted by Gasteiger charge is -2.13. The van der Waals surface area contributed by atoms with Crippen molar-refractivity contribution in [1.82, 2.24) is 9.47 Å². The Morgan fingerprint density at radius 2 is 1.93 bits per heavy atom. The van der Waals surface area contributed by atoms with Crippen LogP contribution in [0.3, 0.4) is 0 Å². The van der Waals surface area contributed by atoms with Crippen molar-refractivity contribution in [2.24, 2.45) is 0 Å². The Morgan fingerprint density at radius 1 is 1.19 bits per heavy atom. The number of carbonyl (C=O) groups is 3. The number of esters is 1. The van der Waals surface area contributed by atoms with Crippen molar-refractivity contribution in [2.75, 3.05) is 24.8 Å². The number of aromatic nitrogens is 1. The first-order valence-corrected chi connectivity index (χ1v) is 9.86. The zero-order chi connectivity index (χ0) is 19.4. The molecule has 27 heavy (non-hydrogen) atoms. The molecule has 1 amide bonds. The van der Waals surface area contributed by atoms with Crippen LogP contribution in [0.1, 0.15) is 27.3 Å². The molecule has 0 spiro atoms. The molecule has 0 saturated carbocycles. The number of nitrogens with zero attached hydrogens (tertiary/aromatic N) is 2. The normalized spacial score (nSPS) is 13.9. The number of carbonyl (C=O) groups excluding carboxylic acids is 3. The van der Waals surface area contributed by atoms with Crippen molar-refractivity contribution >= 4 is 29.4 Å². The van der Waals surface area contributed by atoms with E-state index in [1.54, 1.807) is 0 Å². The first kappa shape index (κ1) is 19.2. The largest absolute Gasteiger partial charge is 0.456 e. The molecule has 2 aromatic rings. The van der Waals surface area contributed by atoms with Gasteiger partial charge in [0.05, 0.1) is 11.6 Å². The molecule has 3 rings (SSSR count). The van der Waals surface area contributed by atoms with E-state index in [2.05, 4.69) is 4.57 Å². The summed E-state index contributed by atoms with van der Waals surface area (Å²) in [5.41, 5.74) is 3.54. The van der Waals surface area contributed by atoms with Gasteiger partial charge in [0.2, 0.25) is 11.7 Å². The second kappa shape index (κ2) is 8.43.